The van der Waals surface area contributed by atoms with Crippen molar-refractivity contribution in [3.63, 3.8) is 0 Å². The molecule has 1 aromatic heterocycles. The molecule has 0 bridgehead atoms. The molecule has 3 rings (SSSR count). The van der Waals surface area contributed by atoms with Gasteiger partial charge in [0.25, 0.3) is 0 Å². The van der Waals surface area contributed by atoms with Crippen LogP contribution in [-0.2, 0) is 11.3 Å². The highest BCUT2D eigenvalue weighted by molar-refractivity contribution is 6.45. The third-order valence-electron chi connectivity index (χ3n) is 3.90. The average Bonchev–Trinajstić information content (AvgIpc) is 2.76. The number of carboxylic acids is 1. The molecule has 0 amide bonds. The van der Waals surface area contributed by atoms with Gasteiger partial charge in [0.05, 0.1) is 15.6 Å². The quantitative estimate of drug-likeness (QED) is 0.704. The molecule has 3 nitrogen and oxygen atoms in total. The van der Waals surface area contributed by atoms with Gasteiger partial charge in [-0.2, -0.15) is 0 Å². The maximum absolute atomic E-state index is 11.2. The highest BCUT2D eigenvalue weighted by atomic mass is 35.5. The fraction of sp³-hybridized carbons (Fsp3) is 0.235. The molecule has 114 valence electrons. The van der Waals surface area contributed by atoms with Crippen LogP contribution in [0.25, 0.3) is 21.8 Å². The number of hydrogen-bond acceptors (Lipinski definition) is 1. The lowest BCUT2D eigenvalue weighted by molar-refractivity contribution is -0.137. The third kappa shape index (κ3) is 2.34. The van der Waals surface area contributed by atoms with Crippen molar-refractivity contribution in [1.29, 1.82) is 0 Å². The van der Waals surface area contributed by atoms with E-state index in [1.165, 1.54) is 5.56 Å². The number of hydrogen-bond donors (Lipinski definition) is 1. The van der Waals surface area contributed by atoms with Gasteiger partial charge in [0, 0.05) is 16.3 Å². The number of carbonyl (C=O) groups is 1. The van der Waals surface area contributed by atoms with Crippen LogP contribution in [0.15, 0.2) is 30.3 Å². The first-order chi connectivity index (χ1) is 10.4. The maximum Gasteiger partial charge on any atom is 0.323 e. The van der Waals surface area contributed by atoms with Crippen LogP contribution in [0.1, 0.15) is 25.3 Å². The van der Waals surface area contributed by atoms with Crippen LogP contribution in [-0.4, -0.2) is 15.6 Å². The first kappa shape index (κ1) is 15.2. The number of carboxylic acid groups (broad SMARTS) is 1. The molecule has 0 aliphatic carbocycles. The lowest BCUT2D eigenvalue weighted by Crippen LogP contribution is -2.08. The molecule has 5 heteroatoms. The SMILES string of the molecule is CC(C)c1ccc2c(c1)c1ccc(Cl)c(Cl)c1n2CC(=O)O. The summed E-state index contributed by atoms with van der Waals surface area (Å²) < 4.78 is 1.71. The lowest BCUT2D eigenvalue weighted by atomic mass is 10.0. The van der Waals surface area contributed by atoms with E-state index in [0.29, 0.717) is 21.5 Å². The van der Waals surface area contributed by atoms with Gasteiger partial charge in [-0.3, -0.25) is 4.79 Å². The molecule has 22 heavy (non-hydrogen) atoms. The second kappa shape index (κ2) is 5.49. The number of rotatable bonds is 3. The van der Waals surface area contributed by atoms with E-state index in [4.69, 9.17) is 23.2 Å². The van der Waals surface area contributed by atoms with Gasteiger partial charge in [-0.05, 0) is 29.7 Å². The van der Waals surface area contributed by atoms with E-state index < -0.39 is 5.97 Å². The van der Waals surface area contributed by atoms with Crippen molar-refractivity contribution < 1.29 is 9.90 Å². The first-order valence-electron chi connectivity index (χ1n) is 7.01. The minimum Gasteiger partial charge on any atom is -0.480 e. The predicted octanol–water partition coefficient (Wildman–Crippen LogP) is 5.31. The zero-order valence-corrected chi connectivity index (χ0v) is 13.7. The van der Waals surface area contributed by atoms with Gasteiger partial charge < -0.3 is 9.67 Å². The summed E-state index contributed by atoms with van der Waals surface area (Å²) in [5, 5.41) is 12.0. The minimum atomic E-state index is -0.914. The third-order valence-corrected chi connectivity index (χ3v) is 4.69. The molecule has 0 radical (unpaired) electrons. The molecule has 0 atom stereocenters. The summed E-state index contributed by atoms with van der Waals surface area (Å²) in [6, 6.07) is 9.73. The topological polar surface area (TPSA) is 42.2 Å². The van der Waals surface area contributed by atoms with Gasteiger partial charge in [-0.1, -0.05) is 49.2 Å². The Labute approximate surface area is 138 Å². The summed E-state index contributed by atoms with van der Waals surface area (Å²) in [4.78, 5) is 11.2. The molecule has 0 saturated heterocycles. The summed E-state index contributed by atoms with van der Waals surface area (Å²) in [5.74, 6) is -0.521. The average molecular weight is 336 g/mol. The fourth-order valence-electron chi connectivity index (χ4n) is 2.80. The second-order valence-electron chi connectivity index (χ2n) is 5.67. The zero-order chi connectivity index (χ0) is 16.0. The van der Waals surface area contributed by atoms with Crippen molar-refractivity contribution in [2.24, 2.45) is 0 Å². The Bertz CT molecular complexity index is 897. The van der Waals surface area contributed by atoms with E-state index in [0.717, 1.165) is 16.3 Å². The molecule has 0 fully saturated rings. The molecule has 0 saturated carbocycles. The van der Waals surface area contributed by atoms with E-state index in [-0.39, 0.29) is 6.54 Å². The van der Waals surface area contributed by atoms with Crippen molar-refractivity contribution in [2.75, 3.05) is 0 Å². The van der Waals surface area contributed by atoms with Gasteiger partial charge >= 0.3 is 5.97 Å². The van der Waals surface area contributed by atoms with E-state index in [1.807, 2.05) is 18.2 Å². The second-order valence-corrected chi connectivity index (χ2v) is 6.45. The summed E-state index contributed by atoms with van der Waals surface area (Å²) in [5.41, 5.74) is 2.73. The highest BCUT2D eigenvalue weighted by Gasteiger charge is 2.17. The Hall–Kier alpha value is -1.71. The Morgan fingerprint density at radius 1 is 1.18 bits per heavy atom. The first-order valence-corrected chi connectivity index (χ1v) is 7.77. The summed E-state index contributed by atoms with van der Waals surface area (Å²) in [6.45, 7) is 4.10. The summed E-state index contributed by atoms with van der Waals surface area (Å²) >= 11 is 12.5. The standard InChI is InChI=1S/C17H15Cl2NO2/c1-9(2)10-3-6-14-12(7-10)11-4-5-13(18)16(19)17(11)20(14)8-15(21)22/h3-7,9H,8H2,1-2H3,(H,21,22). The molecule has 1 heterocycles. The van der Waals surface area contributed by atoms with Gasteiger partial charge in [-0.25, -0.2) is 0 Å². The van der Waals surface area contributed by atoms with E-state index in [2.05, 4.69) is 19.9 Å². The fourth-order valence-corrected chi connectivity index (χ4v) is 3.22. The van der Waals surface area contributed by atoms with Gasteiger partial charge in [0.15, 0.2) is 0 Å². The lowest BCUT2D eigenvalue weighted by Gasteiger charge is -2.07. The van der Waals surface area contributed by atoms with Gasteiger partial charge in [-0.15, -0.1) is 0 Å². The normalized spacial score (nSPS) is 11.7. The van der Waals surface area contributed by atoms with Crippen LogP contribution in [0.5, 0.6) is 0 Å². The monoisotopic (exact) mass is 335 g/mol. The molecule has 0 aliphatic rings. The van der Waals surface area contributed by atoms with Crippen molar-refractivity contribution in [2.45, 2.75) is 26.3 Å². The van der Waals surface area contributed by atoms with Crippen molar-refractivity contribution in [3.05, 3.63) is 45.9 Å². The van der Waals surface area contributed by atoms with Crippen LogP contribution < -0.4 is 0 Å². The van der Waals surface area contributed by atoms with Crippen LogP contribution in [0.2, 0.25) is 10.0 Å². The number of halogens is 2. The zero-order valence-electron chi connectivity index (χ0n) is 12.2. The molecule has 0 spiro atoms. The number of benzene rings is 2. The van der Waals surface area contributed by atoms with E-state index in [1.54, 1.807) is 10.6 Å². The Balaban J connectivity index is 2.46. The Morgan fingerprint density at radius 3 is 2.55 bits per heavy atom. The highest BCUT2D eigenvalue weighted by Crippen LogP contribution is 2.38. The molecular formula is C17H15Cl2NO2. The summed E-state index contributed by atoms with van der Waals surface area (Å²) in [6.07, 6.45) is 0. The number of aromatic nitrogens is 1. The molecular weight excluding hydrogens is 321 g/mol. The molecule has 0 aliphatic heterocycles. The van der Waals surface area contributed by atoms with Crippen LogP contribution in [0, 0.1) is 0 Å². The number of aliphatic carboxylic acids is 1. The van der Waals surface area contributed by atoms with Crippen molar-refractivity contribution >= 4 is 51.0 Å². The number of fused-ring (bicyclic) bond motifs is 3. The van der Waals surface area contributed by atoms with Crippen molar-refractivity contribution in [1.82, 2.24) is 4.57 Å². The molecule has 1 N–H and O–H groups in total. The van der Waals surface area contributed by atoms with Crippen LogP contribution in [0.4, 0.5) is 0 Å². The largest absolute Gasteiger partial charge is 0.480 e. The Kier molecular flexibility index (Phi) is 3.79. The molecule has 0 unspecified atom stereocenters. The predicted molar refractivity (Wildman–Crippen MR) is 91.2 cm³/mol. The number of nitrogens with zero attached hydrogens (tertiary/aromatic N) is 1. The van der Waals surface area contributed by atoms with Gasteiger partial charge in [0.2, 0.25) is 0 Å². The van der Waals surface area contributed by atoms with E-state index >= 15 is 0 Å². The molecule has 2 aromatic carbocycles. The molecule has 3 aromatic rings. The van der Waals surface area contributed by atoms with Crippen LogP contribution >= 0.6 is 23.2 Å². The Morgan fingerprint density at radius 2 is 1.91 bits per heavy atom. The summed E-state index contributed by atoms with van der Waals surface area (Å²) in [7, 11) is 0. The minimum absolute atomic E-state index is 0.152. The smallest absolute Gasteiger partial charge is 0.323 e. The van der Waals surface area contributed by atoms with Crippen LogP contribution in [0.3, 0.4) is 0 Å². The van der Waals surface area contributed by atoms with Gasteiger partial charge in [0.1, 0.15) is 6.54 Å². The van der Waals surface area contributed by atoms with Crippen molar-refractivity contribution in [3.8, 4) is 0 Å². The maximum atomic E-state index is 11.2. The van der Waals surface area contributed by atoms with E-state index in [9.17, 15) is 9.90 Å².